The van der Waals surface area contributed by atoms with Crippen LogP contribution in [0.1, 0.15) is 22.9 Å². The summed E-state index contributed by atoms with van der Waals surface area (Å²) in [5.41, 5.74) is 2.07. The molecule has 142 valence electrons. The van der Waals surface area contributed by atoms with Crippen molar-refractivity contribution >= 4 is 17.7 Å². The number of nitrogens with one attached hydrogen (secondary N) is 2. The molecule has 1 atom stereocenters. The second-order valence-corrected chi connectivity index (χ2v) is 7.01. The fraction of sp³-hybridized carbons (Fsp3) is 0.421. The molecule has 0 saturated carbocycles. The van der Waals surface area contributed by atoms with E-state index in [1.807, 2.05) is 38.6 Å². The average molecular weight is 379 g/mol. The SMILES string of the molecule is CN=C(NCc1ccc(F)cc1CSC)NCC(c1ccco1)N(C)C. The number of guanidine groups is 1. The van der Waals surface area contributed by atoms with Crippen molar-refractivity contribution in [2.75, 3.05) is 33.9 Å². The number of rotatable bonds is 8. The molecule has 2 rings (SSSR count). The van der Waals surface area contributed by atoms with Gasteiger partial charge in [0, 0.05) is 25.9 Å². The van der Waals surface area contributed by atoms with E-state index >= 15 is 0 Å². The Kier molecular flexibility index (Phi) is 8.00. The van der Waals surface area contributed by atoms with Crippen LogP contribution in [0.15, 0.2) is 46.0 Å². The highest BCUT2D eigenvalue weighted by Crippen LogP contribution is 2.18. The summed E-state index contributed by atoms with van der Waals surface area (Å²) in [6, 6.07) is 8.88. The summed E-state index contributed by atoms with van der Waals surface area (Å²) >= 11 is 1.68. The third-order valence-electron chi connectivity index (χ3n) is 4.10. The highest BCUT2D eigenvalue weighted by molar-refractivity contribution is 7.97. The Balaban J connectivity index is 1.96. The summed E-state index contributed by atoms with van der Waals surface area (Å²) in [6.07, 6.45) is 3.69. The van der Waals surface area contributed by atoms with Crippen LogP contribution in [0.4, 0.5) is 4.39 Å². The number of hydrogen-bond acceptors (Lipinski definition) is 4. The topological polar surface area (TPSA) is 52.8 Å². The smallest absolute Gasteiger partial charge is 0.191 e. The fourth-order valence-electron chi connectivity index (χ4n) is 2.67. The quantitative estimate of drug-likeness (QED) is 0.546. The van der Waals surface area contributed by atoms with E-state index in [1.54, 1.807) is 31.1 Å². The lowest BCUT2D eigenvalue weighted by Crippen LogP contribution is -2.41. The van der Waals surface area contributed by atoms with Crippen LogP contribution in [0.25, 0.3) is 0 Å². The summed E-state index contributed by atoms with van der Waals surface area (Å²) in [6.45, 7) is 1.24. The van der Waals surface area contributed by atoms with Crippen molar-refractivity contribution in [1.29, 1.82) is 0 Å². The van der Waals surface area contributed by atoms with Gasteiger partial charge in [0.05, 0.1) is 12.3 Å². The molecule has 0 aliphatic rings. The van der Waals surface area contributed by atoms with Gasteiger partial charge in [0.1, 0.15) is 11.6 Å². The summed E-state index contributed by atoms with van der Waals surface area (Å²) in [5.74, 6) is 2.18. The number of benzene rings is 1. The highest BCUT2D eigenvalue weighted by atomic mass is 32.2. The van der Waals surface area contributed by atoms with Crippen molar-refractivity contribution in [1.82, 2.24) is 15.5 Å². The van der Waals surface area contributed by atoms with Gasteiger partial charge < -0.3 is 15.1 Å². The van der Waals surface area contributed by atoms with Crippen LogP contribution in [0, 0.1) is 5.82 Å². The van der Waals surface area contributed by atoms with E-state index < -0.39 is 0 Å². The molecule has 7 heteroatoms. The molecule has 0 amide bonds. The number of likely N-dealkylation sites (N-methyl/N-ethyl adjacent to an activating group) is 1. The zero-order valence-corrected chi connectivity index (χ0v) is 16.6. The Morgan fingerprint density at radius 3 is 2.69 bits per heavy atom. The van der Waals surface area contributed by atoms with Crippen molar-refractivity contribution in [2.24, 2.45) is 4.99 Å². The van der Waals surface area contributed by atoms with Crippen LogP contribution in [-0.2, 0) is 12.3 Å². The van der Waals surface area contributed by atoms with Gasteiger partial charge in [-0.1, -0.05) is 6.07 Å². The Labute approximate surface area is 159 Å². The molecule has 0 aliphatic carbocycles. The van der Waals surface area contributed by atoms with E-state index in [0.29, 0.717) is 19.0 Å². The Hall–Kier alpha value is -1.99. The molecule has 0 radical (unpaired) electrons. The second-order valence-electron chi connectivity index (χ2n) is 6.15. The van der Waals surface area contributed by atoms with Gasteiger partial charge in [-0.05, 0) is 55.7 Å². The van der Waals surface area contributed by atoms with Gasteiger partial charge in [-0.3, -0.25) is 9.89 Å². The van der Waals surface area contributed by atoms with Crippen molar-refractivity contribution < 1.29 is 8.81 Å². The first-order valence-corrected chi connectivity index (χ1v) is 9.85. The molecular weight excluding hydrogens is 351 g/mol. The average Bonchev–Trinajstić information content (AvgIpc) is 3.13. The van der Waals surface area contributed by atoms with Crippen LogP contribution >= 0.6 is 11.8 Å². The molecule has 2 N–H and O–H groups in total. The standard InChI is InChI=1S/C19H27FN4OS/c1-21-19(23-12-17(24(2)3)18-6-5-9-25-18)22-11-14-7-8-16(20)10-15(14)13-26-4/h5-10,17H,11-13H2,1-4H3,(H2,21,22,23). The first-order valence-electron chi connectivity index (χ1n) is 8.45. The monoisotopic (exact) mass is 378 g/mol. The minimum Gasteiger partial charge on any atom is -0.468 e. The molecule has 26 heavy (non-hydrogen) atoms. The molecule has 1 heterocycles. The van der Waals surface area contributed by atoms with Crippen molar-refractivity contribution in [3.63, 3.8) is 0 Å². The van der Waals surface area contributed by atoms with Gasteiger partial charge in [-0.2, -0.15) is 11.8 Å². The van der Waals surface area contributed by atoms with Gasteiger partial charge in [0.15, 0.2) is 5.96 Å². The first kappa shape index (κ1) is 20.3. The fourth-order valence-corrected chi connectivity index (χ4v) is 3.25. The maximum absolute atomic E-state index is 13.5. The van der Waals surface area contributed by atoms with Crippen LogP contribution in [0.2, 0.25) is 0 Å². The molecule has 0 saturated heterocycles. The number of thioether (sulfide) groups is 1. The molecule has 0 fully saturated rings. The van der Waals surface area contributed by atoms with Crippen LogP contribution in [0.3, 0.4) is 0 Å². The Morgan fingerprint density at radius 2 is 2.08 bits per heavy atom. The molecule has 0 bridgehead atoms. The highest BCUT2D eigenvalue weighted by Gasteiger charge is 2.17. The largest absolute Gasteiger partial charge is 0.468 e. The molecule has 5 nitrogen and oxygen atoms in total. The van der Waals surface area contributed by atoms with Crippen molar-refractivity contribution in [3.8, 4) is 0 Å². The van der Waals surface area contributed by atoms with Gasteiger partial charge in [-0.15, -0.1) is 0 Å². The van der Waals surface area contributed by atoms with Gasteiger partial charge in [-0.25, -0.2) is 4.39 Å². The molecule has 1 aromatic carbocycles. The normalized spacial score (nSPS) is 13.1. The van der Waals surface area contributed by atoms with Gasteiger partial charge >= 0.3 is 0 Å². The molecule has 1 aromatic heterocycles. The predicted molar refractivity (Wildman–Crippen MR) is 107 cm³/mol. The number of aliphatic imine (C=N–C) groups is 1. The van der Waals surface area contributed by atoms with Crippen LogP contribution in [-0.4, -0.2) is 44.8 Å². The van der Waals surface area contributed by atoms with E-state index in [-0.39, 0.29) is 11.9 Å². The third-order valence-corrected chi connectivity index (χ3v) is 4.70. The Morgan fingerprint density at radius 1 is 1.27 bits per heavy atom. The zero-order chi connectivity index (χ0) is 18.9. The second kappa shape index (κ2) is 10.2. The van der Waals surface area contributed by atoms with E-state index in [1.165, 1.54) is 6.07 Å². The lowest BCUT2D eigenvalue weighted by molar-refractivity contribution is 0.258. The Bertz CT molecular complexity index is 704. The lowest BCUT2D eigenvalue weighted by atomic mass is 10.1. The summed E-state index contributed by atoms with van der Waals surface area (Å²) in [5, 5.41) is 6.63. The molecule has 2 aromatic rings. The predicted octanol–water partition coefficient (Wildman–Crippen LogP) is 3.25. The third kappa shape index (κ3) is 5.78. The van der Waals surface area contributed by atoms with Gasteiger partial charge in [0.2, 0.25) is 0 Å². The van der Waals surface area contributed by atoms with Crippen molar-refractivity contribution in [2.45, 2.75) is 18.3 Å². The summed E-state index contributed by atoms with van der Waals surface area (Å²) in [7, 11) is 5.76. The minimum atomic E-state index is -0.201. The number of hydrogen-bond donors (Lipinski definition) is 2. The van der Waals surface area contributed by atoms with E-state index in [2.05, 4.69) is 20.5 Å². The van der Waals surface area contributed by atoms with E-state index in [9.17, 15) is 4.39 Å². The maximum atomic E-state index is 13.5. The van der Waals surface area contributed by atoms with E-state index in [0.717, 1.165) is 22.6 Å². The van der Waals surface area contributed by atoms with Crippen molar-refractivity contribution in [3.05, 3.63) is 59.3 Å². The van der Waals surface area contributed by atoms with Crippen LogP contribution < -0.4 is 10.6 Å². The molecule has 0 spiro atoms. The lowest BCUT2D eigenvalue weighted by Gasteiger charge is -2.24. The van der Waals surface area contributed by atoms with E-state index in [4.69, 9.17) is 4.42 Å². The van der Waals surface area contributed by atoms with Gasteiger partial charge in [0.25, 0.3) is 0 Å². The molecule has 0 aliphatic heterocycles. The summed E-state index contributed by atoms with van der Waals surface area (Å²) in [4.78, 5) is 6.37. The zero-order valence-electron chi connectivity index (χ0n) is 15.8. The number of nitrogens with zero attached hydrogens (tertiary/aromatic N) is 2. The maximum Gasteiger partial charge on any atom is 0.191 e. The van der Waals surface area contributed by atoms with Crippen LogP contribution in [0.5, 0.6) is 0 Å². The number of furan rings is 1. The summed E-state index contributed by atoms with van der Waals surface area (Å²) < 4.78 is 19.0. The first-order chi connectivity index (χ1) is 12.5. The number of halogens is 1. The molecule has 1 unspecified atom stereocenters. The molecular formula is C19H27FN4OS. The minimum absolute atomic E-state index is 0.0985.